The van der Waals surface area contributed by atoms with Crippen LogP contribution in [0.4, 0.5) is 4.39 Å². The number of primary amides is 1. The van der Waals surface area contributed by atoms with Crippen molar-refractivity contribution in [3.05, 3.63) is 65.5 Å². The number of nitrogens with zero attached hydrogens (tertiary/aromatic N) is 2. The van der Waals surface area contributed by atoms with Gasteiger partial charge in [0, 0.05) is 26.6 Å². The van der Waals surface area contributed by atoms with Gasteiger partial charge in [0.05, 0.1) is 4.90 Å². The highest BCUT2D eigenvalue weighted by atomic mass is 32.2. The summed E-state index contributed by atoms with van der Waals surface area (Å²) in [6.07, 6.45) is 3.24. The van der Waals surface area contributed by atoms with E-state index in [-0.39, 0.29) is 17.2 Å². The average molecular weight is 462 g/mol. The number of halogens is 1. The number of sulfonamides is 1. The van der Waals surface area contributed by atoms with E-state index in [1.807, 2.05) is 0 Å². The monoisotopic (exact) mass is 461 g/mol. The molecule has 0 bridgehead atoms. The summed E-state index contributed by atoms with van der Waals surface area (Å²) in [7, 11) is -2.05. The van der Waals surface area contributed by atoms with Crippen LogP contribution in [0.2, 0.25) is 0 Å². The number of piperidine rings is 1. The Morgan fingerprint density at radius 2 is 1.75 bits per heavy atom. The van der Waals surface area contributed by atoms with E-state index in [1.165, 1.54) is 34.5 Å². The van der Waals surface area contributed by atoms with Crippen molar-refractivity contribution in [2.45, 2.75) is 43.0 Å². The van der Waals surface area contributed by atoms with Crippen LogP contribution in [0.3, 0.4) is 0 Å². The number of nitrogens with two attached hydrogens (primary N) is 1. The summed E-state index contributed by atoms with van der Waals surface area (Å²) in [5.74, 6) is -1.60. The van der Waals surface area contributed by atoms with Gasteiger partial charge in [0.1, 0.15) is 11.9 Å². The fourth-order valence-electron chi connectivity index (χ4n) is 3.91. The van der Waals surface area contributed by atoms with Gasteiger partial charge in [-0.2, -0.15) is 4.31 Å². The molecular formula is C23H28FN3O4S. The van der Waals surface area contributed by atoms with Crippen molar-refractivity contribution in [3.63, 3.8) is 0 Å². The Morgan fingerprint density at radius 3 is 2.34 bits per heavy atom. The van der Waals surface area contributed by atoms with E-state index >= 15 is 0 Å². The third-order valence-corrected chi connectivity index (χ3v) is 7.63. The molecule has 0 radical (unpaired) electrons. The van der Waals surface area contributed by atoms with Gasteiger partial charge in [0.25, 0.3) is 0 Å². The van der Waals surface area contributed by atoms with Gasteiger partial charge in [-0.3, -0.25) is 9.59 Å². The maximum atomic E-state index is 13.6. The number of aryl methyl sites for hydroxylation is 1. The lowest BCUT2D eigenvalue weighted by Gasteiger charge is -2.26. The van der Waals surface area contributed by atoms with Gasteiger partial charge in [0.15, 0.2) is 0 Å². The van der Waals surface area contributed by atoms with E-state index < -0.39 is 27.8 Å². The molecule has 1 heterocycles. The van der Waals surface area contributed by atoms with Crippen molar-refractivity contribution in [3.8, 4) is 0 Å². The van der Waals surface area contributed by atoms with Gasteiger partial charge in [-0.25, -0.2) is 12.8 Å². The highest BCUT2D eigenvalue weighted by Gasteiger charge is 2.27. The molecule has 1 atom stereocenters. The molecule has 0 aromatic heterocycles. The van der Waals surface area contributed by atoms with Crippen LogP contribution >= 0.6 is 0 Å². The molecule has 7 nitrogen and oxygen atoms in total. The maximum absolute atomic E-state index is 13.6. The van der Waals surface area contributed by atoms with Crippen LogP contribution in [0.15, 0.2) is 53.4 Å². The molecule has 9 heteroatoms. The first kappa shape index (κ1) is 23.9. The Bertz CT molecular complexity index is 1070. The molecule has 32 heavy (non-hydrogen) atoms. The molecule has 0 saturated carbocycles. The molecule has 2 aromatic carbocycles. The van der Waals surface area contributed by atoms with Gasteiger partial charge >= 0.3 is 0 Å². The number of amides is 2. The zero-order chi connectivity index (χ0) is 23.3. The van der Waals surface area contributed by atoms with Crippen LogP contribution in [0.1, 0.15) is 42.9 Å². The van der Waals surface area contributed by atoms with Crippen molar-refractivity contribution in [2.75, 3.05) is 20.1 Å². The Balaban J connectivity index is 1.64. The van der Waals surface area contributed by atoms with E-state index in [9.17, 15) is 22.4 Å². The number of carbonyl (C=O) groups is 2. The first-order valence-electron chi connectivity index (χ1n) is 10.6. The lowest BCUT2D eigenvalue weighted by Crippen LogP contribution is -2.39. The minimum Gasteiger partial charge on any atom is -0.368 e. The number of benzene rings is 2. The molecule has 3 rings (SSSR count). The number of likely N-dealkylation sites (N-methyl/N-ethyl adjacent to an activating group) is 1. The molecule has 0 aliphatic carbocycles. The van der Waals surface area contributed by atoms with Crippen LogP contribution in [0, 0.1) is 5.82 Å². The van der Waals surface area contributed by atoms with Crippen LogP contribution in [-0.4, -0.2) is 49.6 Å². The summed E-state index contributed by atoms with van der Waals surface area (Å²) >= 11 is 0. The predicted octanol–water partition coefficient (Wildman–Crippen LogP) is 2.62. The van der Waals surface area contributed by atoms with E-state index in [0.29, 0.717) is 25.1 Å². The summed E-state index contributed by atoms with van der Waals surface area (Å²) in [4.78, 5) is 26.1. The molecule has 2 aromatic rings. The standard InChI is InChI=1S/C23H28FN3O4S/c1-26(22(23(25)29)18-6-5-7-19(24)16-18)21(28)13-10-17-8-11-20(12-9-17)32(30,31)27-14-3-2-4-15-27/h5-9,11-12,16,22H,2-4,10,13-15H2,1H3,(H2,25,29). The normalized spacial score (nSPS) is 15.8. The van der Waals surface area contributed by atoms with Gasteiger partial charge in [-0.05, 0) is 54.7 Å². The zero-order valence-corrected chi connectivity index (χ0v) is 18.9. The minimum absolute atomic E-state index is 0.0911. The van der Waals surface area contributed by atoms with Crippen molar-refractivity contribution in [1.29, 1.82) is 0 Å². The quantitative estimate of drug-likeness (QED) is 0.653. The molecule has 1 fully saturated rings. The molecule has 0 spiro atoms. The Kier molecular flexibility index (Phi) is 7.63. The van der Waals surface area contributed by atoms with Crippen molar-refractivity contribution in [2.24, 2.45) is 5.73 Å². The summed E-state index contributed by atoms with van der Waals surface area (Å²) in [6.45, 7) is 1.08. The largest absolute Gasteiger partial charge is 0.368 e. The lowest BCUT2D eigenvalue weighted by atomic mass is 10.0. The summed E-state index contributed by atoms with van der Waals surface area (Å²) < 4.78 is 40.6. The van der Waals surface area contributed by atoms with E-state index in [2.05, 4.69) is 0 Å². The molecule has 2 amide bonds. The topological polar surface area (TPSA) is 101 Å². The highest BCUT2D eigenvalue weighted by Crippen LogP contribution is 2.23. The molecule has 1 unspecified atom stereocenters. The van der Waals surface area contributed by atoms with Crippen LogP contribution in [0.25, 0.3) is 0 Å². The SMILES string of the molecule is CN(C(=O)CCc1ccc(S(=O)(=O)N2CCCCC2)cc1)C(C(N)=O)c1cccc(F)c1. The molecule has 1 saturated heterocycles. The first-order chi connectivity index (χ1) is 15.2. The molecule has 1 aliphatic heterocycles. The third-order valence-electron chi connectivity index (χ3n) is 5.72. The van der Waals surface area contributed by atoms with Crippen LogP contribution in [0.5, 0.6) is 0 Å². The van der Waals surface area contributed by atoms with Gasteiger partial charge in [0.2, 0.25) is 21.8 Å². The number of hydrogen-bond donors (Lipinski definition) is 1. The fourth-order valence-corrected chi connectivity index (χ4v) is 5.43. The zero-order valence-electron chi connectivity index (χ0n) is 18.0. The average Bonchev–Trinajstić information content (AvgIpc) is 2.78. The van der Waals surface area contributed by atoms with Crippen LogP contribution < -0.4 is 5.73 Å². The second-order valence-electron chi connectivity index (χ2n) is 7.97. The van der Waals surface area contributed by atoms with Crippen LogP contribution in [-0.2, 0) is 26.0 Å². The van der Waals surface area contributed by atoms with E-state index in [0.717, 1.165) is 24.8 Å². The highest BCUT2D eigenvalue weighted by molar-refractivity contribution is 7.89. The number of rotatable bonds is 8. The molecule has 1 aliphatic rings. The van der Waals surface area contributed by atoms with Crippen molar-refractivity contribution < 1.29 is 22.4 Å². The summed E-state index contributed by atoms with van der Waals surface area (Å²) in [5, 5.41) is 0. The van der Waals surface area contributed by atoms with Crippen molar-refractivity contribution >= 4 is 21.8 Å². The fraction of sp³-hybridized carbons (Fsp3) is 0.391. The van der Waals surface area contributed by atoms with Crippen molar-refractivity contribution in [1.82, 2.24) is 9.21 Å². The second-order valence-corrected chi connectivity index (χ2v) is 9.91. The van der Waals surface area contributed by atoms with E-state index in [4.69, 9.17) is 5.73 Å². The summed E-state index contributed by atoms with van der Waals surface area (Å²) in [6, 6.07) is 10.9. The van der Waals surface area contributed by atoms with Gasteiger partial charge in [-0.15, -0.1) is 0 Å². The minimum atomic E-state index is -3.50. The third kappa shape index (κ3) is 5.52. The Morgan fingerprint density at radius 1 is 1.09 bits per heavy atom. The number of carbonyl (C=O) groups excluding carboxylic acids is 2. The maximum Gasteiger partial charge on any atom is 0.244 e. The lowest BCUT2D eigenvalue weighted by molar-refractivity contribution is -0.138. The Hall–Kier alpha value is -2.78. The first-order valence-corrected chi connectivity index (χ1v) is 12.0. The molecule has 172 valence electrons. The second kappa shape index (κ2) is 10.2. The smallest absolute Gasteiger partial charge is 0.244 e. The summed E-state index contributed by atoms with van der Waals surface area (Å²) in [5.41, 5.74) is 6.57. The van der Waals surface area contributed by atoms with Gasteiger partial charge < -0.3 is 10.6 Å². The number of hydrogen-bond acceptors (Lipinski definition) is 4. The van der Waals surface area contributed by atoms with Gasteiger partial charge in [-0.1, -0.05) is 30.7 Å². The van der Waals surface area contributed by atoms with E-state index in [1.54, 1.807) is 30.3 Å². The molecule has 2 N–H and O–H groups in total. The Labute approximate surface area is 188 Å². The molecular weight excluding hydrogens is 433 g/mol. The predicted molar refractivity (Wildman–Crippen MR) is 118 cm³/mol.